The van der Waals surface area contributed by atoms with Crippen LogP contribution >= 0.6 is 11.6 Å². The summed E-state index contributed by atoms with van der Waals surface area (Å²) in [5, 5.41) is 17.5. The van der Waals surface area contributed by atoms with Gasteiger partial charge in [0.25, 0.3) is 5.91 Å². The van der Waals surface area contributed by atoms with E-state index in [0.29, 0.717) is 41.9 Å². The molecule has 1 saturated heterocycles. The van der Waals surface area contributed by atoms with E-state index in [4.69, 9.17) is 16.7 Å². The smallest absolute Gasteiger partial charge is 0.337 e. The molecule has 0 saturated carbocycles. The van der Waals surface area contributed by atoms with Gasteiger partial charge in [0.2, 0.25) is 0 Å². The van der Waals surface area contributed by atoms with E-state index < -0.39 is 5.97 Å². The Morgan fingerprint density at radius 3 is 2.66 bits per heavy atom. The molecule has 0 spiro atoms. The topological polar surface area (TPSA) is 114 Å². The Hall–Kier alpha value is -3.33. The van der Waals surface area contributed by atoms with E-state index in [1.165, 1.54) is 12.3 Å². The van der Waals surface area contributed by atoms with Gasteiger partial charge < -0.3 is 10.0 Å². The van der Waals surface area contributed by atoms with Crippen LogP contribution in [0.4, 0.5) is 0 Å². The minimum atomic E-state index is -1.03. The summed E-state index contributed by atoms with van der Waals surface area (Å²) in [5.74, 6) is -0.901. The molecule has 0 aromatic carbocycles. The predicted octanol–water partition coefficient (Wildman–Crippen LogP) is 2.17. The largest absolute Gasteiger partial charge is 0.478 e. The SMILES string of the molecule is Cc1ccc(C(=O)N2CC(Cn3cc(-c4ccc(C(=O)O)cn4)nn3)C2)nc1Cl. The molecule has 4 rings (SSSR count). The summed E-state index contributed by atoms with van der Waals surface area (Å²) in [6.07, 6.45) is 3.05. The summed E-state index contributed by atoms with van der Waals surface area (Å²) in [4.78, 5) is 33.4. The van der Waals surface area contributed by atoms with Crippen LogP contribution in [0.15, 0.2) is 36.7 Å². The van der Waals surface area contributed by atoms with Crippen LogP contribution in [-0.2, 0) is 6.54 Å². The number of pyridine rings is 2. The van der Waals surface area contributed by atoms with E-state index in [9.17, 15) is 9.59 Å². The van der Waals surface area contributed by atoms with Crippen LogP contribution in [0.2, 0.25) is 5.15 Å². The second-order valence-electron chi connectivity index (χ2n) is 6.94. The van der Waals surface area contributed by atoms with E-state index in [1.807, 2.05) is 6.92 Å². The van der Waals surface area contributed by atoms with Crippen LogP contribution in [0, 0.1) is 12.8 Å². The fourth-order valence-electron chi connectivity index (χ4n) is 3.08. The maximum atomic E-state index is 12.5. The van der Waals surface area contributed by atoms with Crippen molar-refractivity contribution in [3.63, 3.8) is 0 Å². The third-order valence-electron chi connectivity index (χ3n) is 4.76. The van der Waals surface area contributed by atoms with Crippen molar-refractivity contribution in [2.24, 2.45) is 5.92 Å². The number of halogens is 1. The molecule has 1 amide bonds. The van der Waals surface area contributed by atoms with Gasteiger partial charge in [-0.2, -0.15) is 0 Å². The number of aromatic nitrogens is 5. The third-order valence-corrected chi connectivity index (χ3v) is 5.14. The number of likely N-dealkylation sites (tertiary alicyclic amines) is 1. The summed E-state index contributed by atoms with van der Waals surface area (Å²) in [6.45, 7) is 3.66. The van der Waals surface area contributed by atoms with Crippen LogP contribution < -0.4 is 0 Å². The summed E-state index contributed by atoms with van der Waals surface area (Å²) < 4.78 is 1.70. The lowest BCUT2D eigenvalue weighted by Gasteiger charge is -2.38. The van der Waals surface area contributed by atoms with Crippen molar-refractivity contribution in [3.8, 4) is 11.4 Å². The Balaban J connectivity index is 1.34. The van der Waals surface area contributed by atoms with Crippen LogP contribution in [0.25, 0.3) is 11.4 Å². The molecule has 3 aromatic heterocycles. The monoisotopic (exact) mass is 412 g/mol. The molecule has 1 aliphatic heterocycles. The van der Waals surface area contributed by atoms with Gasteiger partial charge in [-0.15, -0.1) is 5.10 Å². The van der Waals surface area contributed by atoms with E-state index >= 15 is 0 Å². The number of aryl methyl sites for hydroxylation is 1. The van der Waals surface area contributed by atoms with Crippen molar-refractivity contribution in [3.05, 3.63) is 58.6 Å². The average molecular weight is 413 g/mol. The first-order valence-corrected chi connectivity index (χ1v) is 9.31. The number of rotatable bonds is 5. The first kappa shape index (κ1) is 19.0. The molecule has 3 aromatic rings. The van der Waals surface area contributed by atoms with Crippen molar-refractivity contribution >= 4 is 23.5 Å². The molecular weight excluding hydrogens is 396 g/mol. The predicted molar refractivity (Wildman–Crippen MR) is 104 cm³/mol. The van der Waals surface area contributed by atoms with Gasteiger partial charge in [-0.1, -0.05) is 22.9 Å². The average Bonchev–Trinajstić information content (AvgIpc) is 3.15. The first-order valence-electron chi connectivity index (χ1n) is 8.93. The lowest BCUT2D eigenvalue weighted by molar-refractivity contribution is 0.0454. The van der Waals surface area contributed by atoms with Crippen LogP contribution in [0.5, 0.6) is 0 Å². The van der Waals surface area contributed by atoms with Gasteiger partial charge >= 0.3 is 5.97 Å². The van der Waals surface area contributed by atoms with Crippen molar-refractivity contribution in [2.45, 2.75) is 13.5 Å². The molecule has 0 aliphatic carbocycles. The standard InChI is InChI=1S/C19H17ClN6O3/c1-11-2-4-15(22-17(11)20)18(27)25-7-12(8-25)9-26-10-16(23-24-26)14-5-3-13(6-21-14)19(28)29/h2-6,10,12H,7-9H2,1H3,(H,28,29). The Morgan fingerprint density at radius 2 is 2.00 bits per heavy atom. The maximum Gasteiger partial charge on any atom is 0.337 e. The zero-order valence-electron chi connectivity index (χ0n) is 15.5. The Morgan fingerprint density at radius 1 is 1.21 bits per heavy atom. The number of carboxylic acid groups (broad SMARTS) is 1. The number of amides is 1. The summed E-state index contributed by atoms with van der Waals surface area (Å²) in [6, 6.07) is 6.54. The molecule has 1 fully saturated rings. The zero-order valence-corrected chi connectivity index (χ0v) is 16.2. The van der Waals surface area contributed by atoms with E-state index in [-0.39, 0.29) is 17.4 Å². The van der Waals surface area contributed by atoms with Gasteiger partial charge in [0.15, 0.2) is 0 Å². The fourth-order valence-corrected chi connectivity index (χ4v) is 3.23. The molecular formula is C19H17ClN6O3. The van der Waals surface area contributed by atoms with Crippen molar-refractivity contribution in [2.75, 3.05) is 13.1 Å². The van der Waals surface area contributed by atoms with Gasteiger partial charge in [-0.25, -0.2) is 9.78 Å². The second-order valence-corrected chi connectivity index (χ2v) is 7.30. The highest BCUT2D eigenvalue weighted by Gasteiger charge is 2.32. The third kappa shape index (κ3) is 3.95. The fraction of sp³-hybridized carbons (Fsp3) is 0.263. The molecule has 1 aliphatic rings. The molecule has 1 N–H and O–H groups in total. The van der Waals surface area contributed by atoms with Crippen LogP contribution in [-0.4, -0.2) is 59.9 Å². The quantitative estimate of drug-likeness (QED) is 0.638. The van der Waals surface area contributed by atoms with Crippen molar-refractivity contribution in [1.82, 2.24) is 29.9 Å². The molecule has 29 heavy (non-hydrogen) atoms. The van der Waals surface area contributed by atoms with Crippen LogP contribution in [0.1, 0.15) is 26.4 Å². The van der Waals surface area contributed by atoms with Gasteiger partial charge in [0.1, 0.15) is 16.5 Å². The highest BCUT2D eigenvalue weighted by atomic mass is 35.5. The molecule has 0 unspecified atom stereocenters. The van der Waals surface area contributed by atoms with E-state index in [2.05, 4.69) is 20.3 Å². The highest BCUT2D eigenvalue weighted by Crippen LogP contribution is 2.22. The molecule has 148 valence electrons. The number of hydrogen-bond acceptors (Lipinski definition) is 6. The molecule has 4 heterocycles. The highest BCUT2D eigenvalue weighted by molar-refractivity contribution is 6.30. The number of hydrogen-bond donors (Lipinski definition) is 1. The van der Waals surface area contributed by atoms with Crippen molar-refractivity contribution < 1.29 is 14.7 Å². The zero-order chi connectivity index (χ0) is 20.5. The van der Waals surface area contributed by atoms with Gasteiger partial charge in [0.05, 0.1) is 17.5 Å². The van der Waals surface area contributed by atoms with Gasteiger partial charge in [-0.05, 0) is 30.7 Å². The molecule has 9 nitrogen and oxygen atoms in total. The van der Waals surface area contributed by atoms with Gasteiger partial charge in [0, 0.05) is 31.7 Å². The van der Waals surface area contributed by atoms with Gasteiger partial charge in [-0.3, -0.25) is 14.5 Å². The number of carbonyl (C=O) groups excluding carboxylic acids is 1. The molecule has 0 bridgehead atoms. The normalized spacial score (nSPS) is 13.9. The molecule has 0 atom stereocenters. The number of carbonyl (C=O) groups is 2. The van der Waals surface area contributed by atoms with Crippen LogP contribution in [0.3, 0.4) is 0 Å². The number of carboxylic acids is 1. The minimum absolute atomic E-state index is 0.115. The Labute approximate surface area is 171 Å². The maximum absolute atomic E-state index is 12.5. The summed E-state index contributed by atoms with van der Waals surface area (Å²) in [5.41, 5.74) is 2.41. The van der Waals surface area contributed by atoms with E-state index in [1.54, 1.807) is 34.0 Å². The first-order chi connectivity index (χ1) is 13.9. The minimum Gasteiger partial charge on any atom is -0.478 e. The molecule has 10 heteroatoms. The lowest BCUT2D eigenvalue weighted by atomic mass is 9.99. The Kier molecular flexibility index (Phi) is 4.98. The lowest BCUT2D eigenvalue weighted by Crippen LogP contribution is -2.51. The Bertz CT molecular complexity index is 1080. The van der Waals surface area contributed by atoms with E-state index in [0.717, 1.165) is 5.56 Å². The molecule has 0 radical (unpaired) electrons. The number of nitrogens with zero attached hydrogens (tertiary/aromatic N) is 6. The summed E-state index contributed by atoms with van der Waals surface area (Å²) >= 11 is 6.00. The summed E-state index contributed by atoms with van der Waals surface area (Å²) in [7, 11) is 0. The number of aromatic carboxylic acids is 1. The van der Waals surface area contributed by atoms with Crippen molar-refractivity contribution in [1.29, 1.82) is 0 Å². The second kappa shape index (κ2) is 7.59.